The highest BCUT2D eigenvalue weighted by Gasteiger charge is 2.53. The van der Waals surface area contributed by atoms with Crippen molar-refractivity contribution >= 4 is 57.5 Å². The van der Waals surface area contributed by atoms with Crippen LogP contribution in [-0.4, -0.2) is 94.2 Å². The molecule has 2 aromatic carbocycles. The number of amides is 1. The van der Waals surface area contributed by atoms with Crippen LogP contribution in [0.4, 0.5) is 5.69 Å². The van der Waals surface area contributed by atoms with E-state index < -0.39 is 11.8 Å². The van der Waals surface area contributed by atoms with E-state index in [1.165, 1.54) is 6.26 Å². The molecule has 3 aliphatic rings. The molecule has 1 aromatic heterocycles. The number of carboxylic acid groups (broad SMARTS) is 1. The van der Waals surface area contributed by atoms with E-state index in [0.29, 0.717) is 71.6 Å². The number of furan rings is 1. The minimum absolute atomic E-state index is 0.00533. The van der Waals surface area contributed by atoms with Crippen molar-refractivity contribution < 1.29 is 28.6 Å². The highest BCUT2D eigenvalue weighted by molar-refractivity contribution is 6.36. The van der Waals surface area contributed by atoms with Gasteiger partial charge < -0.3 is 19.6 Å². The quantitative estimate of drug-likeness (QED) is 0.231. The van der Waals surface area contributed by atoms with Gasteiger partial charge in [0.2, 0.25) is 5.85 Å². The number of aliphatic carboxylic acids is 1. The number of hydrogen-bond donors (Lipinski definition) is 2. The third-order valence-corrected chi connectivity index (χ3v) is 11.0. The van der Waals surface area contributed by atoms with Crippen LogP contribution in [0.15, 0.2) is 47.1 Å². The number of nitrogens with one attached hydrogen (secondary N) is 1. The molecule has 3 aromatic rings. The number of fused-ring (bicyclic) bond motifs is 1. The van der Waals surface area contributed by atoms with Gasteiger partial charge in [-0.05, 0) is 83.1 Å². The third kappa shape index (κ3) is 7.55. The number of benzene rings is 2. The number of Topliss-reactive ketones (excluding diaryl/α,β-unsaturated/α-hetero) is 1. The lowest BCUT2D eigenvalue weighted by Gasteiger charge is -2.53. The molecule has 1 unspecified atom stereocenters. The Bertz CT molecular complexity index is 1680. The third-order valence-electron chi connectivity index (χ3n) is 10.4. The van der Waals surface area contributed by atoms with Crippen molar-refractivity contribution in [2.45, 2.75) is 83.2 Å². The van der Waals surface area contributed by atoms with Crippen molar-refractivity contribution in [2.24, 2.45) is 5.92 Å². The number of halogens is 2. The average molecular weight is 714 g/mol. The zero-order valence-electron chi connectivity index (χ0n) is 28.5. The molecule has 0 bridgehead atoms. The van der Waals surface area contributed by atoms with E-state index in [4.69, 9.17) is 32.4 Å². The molecule has 10 nitrogen and oxygen atoms in total. The van der Waals surface area contributed by atoms with Crippen molar-refractivity contribution in [3.05, 3.63) is 63.8 Å². The zero-order valence-corrected chi connectivity index (χ0v) is 30.0. The number of anilines is 1. The lowest BCUT2D eigenvalue weighted by Crippen LogP contribution is -2.71. The Kier molecular flexibility index (Phi) is 10.7. The van der Waals surface area contributed by atoms with Crippen LogP contribution in [0.25, 0.3) is 11.0 Å². The Morgan fingerprint density at radius 3 is 2.18 bits per heavy atom. The predicted octanol–water partition coefficient (Wildman–Crippen LogP) is 6.93. The molecule has 0 spiro atoms. The molecule has 0 radical (unpaired) electrons. The summed E-state index contributed by atoms with van der Waals surface area (Å²) in [5.41, 5.74) is 1.84. The summed E-state index contributed by atoms with van der Waals surface area (Å²) in [4.78, 5) is 46.7. The van der Waals surface area contributed by atoms with Crippen LogP contribution in [0.2, 0.25) is 10.0 Å². The van der Waals surface area contributed by atoms with Crippen molar-refractivity contribution in [1.29, 1.82) is 0 Å². The highest BCUT2D eigenvalue weighted by Crippen LogP contribution is 2.38. The van der Waals surface area contributed by atoms with Crippen LogP contribution in [0.1, 0.15) is 75.2 Å². The molecule has 49 heavy (non-hydrogen) atoms. The second kappa shape index (κ2) is 14.7. The maximum Gasteiger partial charge on any atom is 0.306 e. The second-order valence-electron chi connectivity index (χ2n) is 14.5. The van der Waals surface area contributed by atoms with E-state index in [0.717, 1.165) is 39.0 Å². The molecule has 1 amide bonds. The van der Waals surface area contributed by atoms with Gasteiger partial charge >= 0.3 is 5.97 Å². The highest BCUT2D eigenvalue weighted by atomic mass is 35.5. The zero-order chi connectivity index (χ0) is 34.9. The number of ether oxygens (including phenoxy) is 1. The van der Waals surface area contributed by atoms with Crippen molar-refractivity contribution in [3.63, 3.8) is 0 Å². The van der Waals surface area contributed by atoms with Crippen LogP contribution >= 0.6 is 23.2 Å². The number of carboxylic acids is 1. The fraction of sp³-hybridized carbons (Fsp3) is 0.541. The first kappa shape index (κ1) is 35.8. The first-order valence-electron chi connectivity index (χ1n) is 17.3. The summed E-state index contributed by atoms with van der Waals surface area (Å²) in [5.74, 6) is -3.01. The van der Waals surface area contributed by atoms with Gasteiger partial charge in [-0.3, -0.25) is 29.1 Å². The summed E-state index contributed by atoms with van der Waals surface area (Å²) >= 11 is 13.6. The lowest BCUT2D eigenvalue weighted by molar-refractivity contribution is -0.261. The van der Waals surface area contributed by atoms with Gasteiger partial charge in [0.15, 0.2) is 5.78 Å². The van der Waals surface area contributed by atoms with Crippen LogP contribution in [0.5, 0.6) is 0 Å². The molecule has 12 heteroatoms. The lowest BCUT2D eigenvalue weighted by atomic mass is 9.87. The molecule has 2 saturated heterocycles. The number of ketones is 1. The Hall–Kier alpha value is -2.99. The SMILES string of the molecule is CC(C)(C)N1CCN(C(OC2CCC(C(=O)O)CC2)(C(=O)Cc2cc(Cl)c(NC(=O)c3coc4ccccc34)cc2Cl)N2CCCC2)CC1. The van der Waals surface area contributed by atoms with Gasteiger partial charge in [0.05, 0.1) is 28.3 Å². The smallest absolute Gasteiger partial charge is 0.306 e. The van der Waals surface area contributed by atoms with Crippen LogP contribution in [0, 0.1) is 5.92 Å². The molecule has 3 heterocycles. The molecule has 1 aliphatic carbocycles. The summed E-state index contributed by atoms with van der Waals surface area (Å²) in [5, 5.41) is 13.7. The fourth-order valence-electron chi connectivity index (χ4n) is 7.58. The van der Waals surface area contributed by atoms with Crippen LogP contribution in [-0.2, 0) is 20.7 Å². The van der Waals surface area contributed by atoms with Crippen LogP contribution in [0.3, 0.4) is 0 Å². The number of nitrogens with zero attached hydrogens (tertiary/aromatic N) is 3. The number of para-hydroxylation sites is 1. The first-order valence-corrected chi connectivity index (χ1v) is 18.1. The number of carbonyl (C=O) groups is 3. The van der Waals surface area contributed by atoms with Crippen molar-refractivity contribution in [3.8, 4) is 0 Å². The monoisotopic (exact) mass is 712 g/mol. The van der Waals surface area contributed by atoms with E-state index in [-0.39, 0.29) is 40.7 Å². The summed E-state index contributed by atoms with van der Waals surface area (Å²) in [6, 6.07) is 10.5. The molecule has 264 valence electrons. The number of rotatable bonds is 10. The Balaban J connectivity index is 1.28. The number of carbonyl (C=O) groups excluding carboxylic acids is 2. The maximum absolute atomic E-state index is 15.0. The van der Waals surface area contributed by atoms with Gasteiger partial charge in [0.1, 0.15) is 11.8 Å². The van der Waals surface area contributed by atoms with Crippen LogP contribution < -0.4 is 5.32 Å². The summed E-state index contributed by atoms with van der Waals surface area (Å²) in [6.07, 6.45) is 5.24. The Morgan fingerprint density at radius 1 is 0.898 bits per heavy atom. The van der Waals surface area contributed by atoms with Gasteiger partial charge in [0, 0.05) is 61.6 Å². The molecule has 3 fully saturated rings. The molecule has 2 aliphatic heterocycles. The van der Waals surface area contributed by atoms with Crippen molar-refractivity contribution in [1.82, 2.24) is 14.7 Å². The Labute approximate surface area is 297 Å². The standard InChI is InChI=1S/C37H46Cl2N4O6/c1-36(2,3)41-16-18-43(19-17-41)37(42-14-6-7-15-42,49-26-12-10-24(11-13-26)35(46)47)33(44)21-25-20-30(39)31(22-29(25)38)40-34(45)28-23-48-32-9-5-4-8-27(28)32/h4-5,8-9,20,22-24,26H,6-7,10-19,21H2,1-3H3,(H,40,45)(H,46,47). The second-order valence-corrected chi connectivity index (χ2v) is 15.3. The van der Waals surface area contributed by atoms with Gasteiger partial charge in [0.25, 0.3) is 5.91 Å². The molecular weight excluding hydrogens is 667 g/mol. The summed E-state index contributed by atoms with van der Waals surface area (Å²) in [6.45, 7) is 10.9. The molecule has 2 N–H and O–H groups in total. The number of likely N-dealkylation sites (tertiary alicyclic amines) is 1. The van der Waals surface area contributed by atoms with Gasteiger partial charge in [-0.2, -0.15) is 0 Å². The minimum atomic E-state index is -1.33. The van der Waals surface area contributed by atoms with E-state index in [2.05, 4.69) is 40.8 Å². The average Bonchev–Trinajstić information content (AvgIpc) is 3.77. The minimum Gasteiger partial charge on any atom is -0.481 e. The van der Waals surface area contributed by atoms with Crippen molar-refractivity contribution in [2.75, 3.05) is 44.6 Å². The van der Waals surface area contributed by atoms with E-state index in [1.54, 1.807) is 18.2 Å². The molecule has 6 rings (SSSR count). The van der Waals surface area contributed by atoms with E-state index >= 15 is 0 Å². The molecular formula is C37H46Cl2N4O6. The van der Waals surface area contributed by atoms with Gasteiger partial charge in [-0.25, -0.2) is 0 Å². The van der Waals surface area contributed by atoms with Gasteiger partial charge in [-0.1, -0.05) is 41.4 Å². The van der Waals surface area contributed by atoms with E-state index in [9.17, 15) is 19.5 Å². The fourth-order valence-corrected chi connectivity index (χ4v) is 8.04. The molecule has 1 saturated carbocycles. The topological polar surface area (TPSA) is 116 Å². The summed E-state index contributed by atoms with van der Waals surface area (Å²) in [7, 11) is 0. The maximum atomic E-state index is 15.0. The molecule has 1 atom stereocenters. The predicted molar refractivity (Wildman–Crippen MR) is 190 cm³/mol. The largest absolute Gasteiger partial charge is 0.481 e. The van der Waals surface area contributed by atoms with Gasteiger partial charge in [-0.15, -0.1) is 0 Å². The number of piperazine rings is 1. The Morgan fingerprint density at radius 2 is 1.53 bits per heavy atom. The number of hydrogen-bond acceptors (Lipinski definition) is 8. The first-order chi connectivity index (χ1) is 23.4. The van der Waals surface area contributed by atoms with E-state index in [1.807, 2.05) is 18.2 Å². The summed E-state index contributed by atoms with van der Waals surface area (Å²) < 4.78 is 12.6. The normalized spacial score (nSPS) is 22.6.